The molecule has 4 fully saturated rings. The number of amides is 1. The highest BCUT2D eigenvalue weighted by atomic mass is 32.2. The second-order valence-electron chi connectivity index (χ2n) is 22.6. The molecule has 11 rings (SSSR count). The maximum Gasteiger partial charge on any atom is 0.586 e. The van der Waals surface area contributed by atoms with Gasteiger partial charge in [-0.15, -0.1) is 8.78 Å². The van der Waals surface area contributed by atoms with E-state index in [9.17, 15) is 41.6 Å². The Morgan fingerprint density at radius 2 is 1.73 bits per heavy atom. The van der Waals surface area contributed by atoms with Gasteiger partial charge in [0, 0.05) is 88.0 Å². The number of rotatable bonds is 16. The number of methoxy groups -OCH3 is 1. The maximum atomic E-state index is 14.9. The molecule has 0 radical (unpaired) electrons. The van der Waals surface area contributed by atoms with E-state index in [1.807, 2.05) is 10.8 Å². The first kappa shape index (κ1) is 54.7. The van der Waals surface area contributed by atoms with Crippen LogP contribution in [-0.4, -0.2) is 113 Å². The van der Waals surface area contributed by atoms with Gasteiger partial charge in [-0.2, -0.15) is 4.98 Å². The molecule has 5 aliphatic rings. The van der Waals surface area contributed by atoms with Crippen LogP contribution in [0.1, 0.15) is 111 Å². The number of piperidine rings is 1. The molecule has 1 amide bonds. The molecular formula is C57H64F3N9O10S. The SMILES string of the molecule is COc1nc2[nH]cc(F)c2cc1Oc1cc(N2CCC3(CC2)CC(N2CCN(Cc4ccc5c(c4)OC(F)(F)O5)C[C@H]2c2ccccc2C(C)C)C3)ccc1C(=O)NS(=O)(=O)c1cnc(NCC2CCC(C)(O)CC2)c([N+](=O)[O-])c1. The number of carbonyl (C=O) groups is 1. The summed E-state index contributed by atoms with van der Waals surface area (Å²) in [5.74, 6) is -1.56. The maximum absolute atomic E-state index is 14.9. The molecule has 1 spiro atoms. The number of benzene rings is 3. The summed E-state index contributed by atoms with van der Waals surface area (Å²) in [6.45, 7) is 10.8. The van der Waals surface area contributed by atoms with Crippen molar-refractivity contribution in [1.82, 2.24) is 29.5 Å². The molecule has 23 heteroatoms. The smallest absolute Gasteiger partial charge is 0.478 e. The Labute approximate surface area is 461 Å². The predicted molar refractivity (Wildman–Crippen MR) is 291 cm³/mol. The van der Waals surface area contributed by atoms with Crippen molar-refractivity contribution in [3.63, 3.8) is 0 Å². The van der Waals surface area contributed by atoms with Crippen molar-refractivity contribution in [2.45, 2.75) is 113 Å². The minimum absolute atomic E-state index is 0.0238. The van der Waals surface area contributed by atoms with E-state index >= 15 is 0 Å². The number of aromatic amines is 1. The van der Waals surface area contributed by atoms with Gasteiger partial charge in [0.15, 0.2) is 17.2 Å². The Kier molecular flexibility index (Phi) is 14.6. The number of aromatic nitrogens is 3. The Bertz CT molecular complexity index is 3450. The molecule has 1 atom stereocenters. The number of fused-ring (bicyclic) bond motifs is 2. The van der Waals surface area contributed by atoms with Crippen molar-refractivity contribution in [3.05, 3.63) is 123 Å². The van der Waals surface area contributed by atoms with Crippen LogP contribution in [0.4, 0.5) is 30.4 Å². The number of anilines is 2. The lowest BCUT2D eigenvalue weighted by Gasteiger charge is -2.58. The number of nitrogens with one attached hydrogen (secondary N) is 3. The number of hydrogen-bond acceptors (Lipinski definition) is 16. The van der Waals surface area contributed by atoms with Crippen LogP contribution in [0, 0.1) is 27.3 Å². The van der Waals surface area contributed by atoms with Crippen LogP contribution in [0.2, 0.25) is 0 Å². The van der Waals surface area contributed by atoms with Crippen LogP contribution in [0.5, 0.6) is 28.9 Å². The number of aliphatic hydroxyl groups is 1. The molecular weight excluding hydrogens is 1060 g/mol. The first-order valence-electron chi connectivity index (χ1n) is 27.1. The lowest BCUT2D eigenvalue weighted by atomic mass is 9.59. The summed E-state index contributed by atoms with van der Waals surface area (Å²) in [5.41, 5.74) is 2.83. The highest BCUT2D eigenvalue weighted by Crippen LogP contribution is 2.54. The van der Waals surface area contributed by atoms with Gasteiger partial charge in [-0.1, -0.05) is 44.2 Å². The number of halogens is 3. The Morgan fingerprint density at radius 3 is 2.46 bits per heavy atom. The van der Waals surface area contributed by atoms with E-state index < -0.39 is 49.1 Å². The molecule has 3 aliphatic heterocycles. The minimum atomic E-state index is -4.77. The second-order valence-corrected chi connectivity index (χ2v) is 24.3. The highest BCUT2D eigenvalue weighted by Gasteiger charge is 2.50. The van der Waals surface area contributed by atoms with E-state index in [1.54, 1.807) is 25.1 Å². The van der Waals surface area contributed by atoms with E-state index in [-0.39, 0.29) is 68.7 Å². The van der Waals surface area contributed by atoms with Crippen LogP contribution >= 0.6 is 0 Å². The van der Waals surface area contributed by atoms with Gasteiger partial charge in [0.1, 0.15) is 22.1 Å². The lowest BCUT2D eigenvalue weighted by molar-refractivity contribution is -0.384. The number of carbonyl (C=O) groups excluding carboxylic acids is 1. The molecule has 6 heterocycles. The van der Waals surface area contributed by atoms with Gasteiger partial charge in [0.2, 0.25) is 5.82 Å². The third-order valence-corrected chi connectivity index (χ3v) is 18.1. The van der Waals surface area contributed by atoms with Crippen LogP contribution < -0.4 is 33.9 Å². The summed E-state index contributed by atoms with van der Waals surface area (Å²) in [6.07, 6.45) is 4.72. The fraction of sp³-hybridized carbons (Fsp3) is 0.456. The molecule has 80 heavy (non-hydrogen) atoms. The van der Waals surface area contributed by atoms with E-state index in [2.05, 4.69) is 77.8 Å². The fourth-order valence-electron chi connectivity index (χ4n) is 12.4. The second kappa shape index (κ2) is 21.4. The average molecular weight is 1120 g/mol. The molecule has 424 valence electrons. The summed E-state index contributed by atoms with van der Waals surface area (Å²) < 4.78 is 93.8. The minimum Gasteiger partial charge on any atom is -0.478 e. The third kappa shape index (κ3) is 11.3. The van der Waals surface area contributed by atoms with Crippen molar-refractivity contribution in [2.75, 3.05) is 56.6 Å². The Morgan fingerprint density at radius 1 is 0.975 bits per heavy atom. The van der Waals surface area contributed by atoms with E-state index in [0.717, 1.165) is 69.3 Å². The number of alkyl halides is 2. The molecule has 2 saturated heterocycles. The van der Waals surface area contributed by atoms with Crippen LogP contribution in [-0.2, 0) is 16.6 Å². The third-order valence-electron chi connectivity index (χ3n) is 16.8. The summed E-state index contributed by atoms with van der Waals surface area (Å²) in [5, 5.41) is 25.6. The van der Waals surface area contributed by atoms with Gasteiger partial charge in [0.05, 0.1) is 34.8 Å². The van der Waals surface area contributed by atoms with Crippen molar-refractivity contribution in [3.8, 4) is 28.9 Å². The molecule has 4 N–H and O–H groups in total. The normalized spacial score (nSPS) is 22.1. The quantitative estimate of drug-likeness (QED) is 0.0522. The number of piperazine rings is 1. The van der Waals surface area contributed by atoms with Gasteiger partial charge in [-0.05, 0) is 116 Å². The van der Waals surface area contributed by atoms with Crippen molar-refractivity contribution in [1.29, 1.82) is 0 Å². The fourth-order valence-corrected chi connectivity index (χ4v) is 13.3. The van der Waals surface area contributed by atoms with E-state index in [0.29, 0.717) is 69.5 Å². The monoisotopic (exact) mass is 1120 g/mol. The zero-order valence-electron chi connectivity index (χ0n) is 44.8. The topological polar surface area (TPSA) is 227 Å². The number of nitro groups is 1. The zero-order chi connectivity index (χ0) is 56.3. The lowest BCUT2D eigenvalue weighted by Crippen LogP contribution is -2.60. The van der Waals surface area contributed by atoms with Gasteiger partial charge in [-0.25, -0.2) is 22.5 Å². The van der Waals surface area contributed by atoms with Crippen LogP contribution in [0.3, 0.4) is 0 Å². The van der Waals surface area contributed by atoms with Gasteiger partial charge < -0.3 is 39.3 Å². The Hall–Kier alpha value is -7.21. The van der Waals surface area contributed by atoms with Gasteiger partial charge in [-0.3, -0.25) is 24.7 Å². The zero-order valence-corrected chi connectivity index (χ0v) is 45.7. The number of H-pyrrole nitrogens is 1. The predicted octanol–water partition coefficient (Wildman–Crippen LogP) is 10.0. The molecule has 3 aromatic heterocycles. The first-order chi connectivity index (χ1) is 38.1. The van der Waals surface area contributed by atoms with Gasteiger partial charge >= 0.3 is 12.0 Å². The molecule has 3 aromatic carbocycles. The molecule has 6 aromatic rings. The van der Waals surface area contributed by atoms with Crippen molar-refractivity contribution >= 4 is 44.2 Å². The molecule has 0 bridgehead atoms. The highest BCUT2D eigenvalue weighted by molar-refractivity contribution is 7.90. The number of hydrogen-bond donors (Lipinski definition) is 4. The van der Waals surface area contributed by atoms with Gasteiger partial charge in [0.25, 0.3) is 21.8 Å². The van der Waals surface area contributed by atoms with Crippen molar-refractivity contribution < 1.29 is 55.4 Å². The largest absolute Gasteiger partial charge is 0.586 e. The Balaban J connectivity index is 0.798. The summed E-state index contributed by atoms with van der Waals surface area (Å²) in [7, 11) is -3.42. The molecule has 2 saturated carbocycles. The average Bonchev–Trinajstić information content (AvgIpc) is 3.95. The van der Waals surface area contributed by atoms with E-state index in [4.69, 9.17) is 14.2 Å². The molecule has 19 nitrogen and oxygen atoms in total. The number of ether oxygens (including phenoxy) is 4. The standard InChI is InChI=1S/C57H64F3N9O10S/c1-34(2)40-7-5-6-8-41(40)46-33-66(32-36-9-12-47-49(23-36)79-57(59,60)78-47)21-22-68(46)38-27-56(28-38)17-19-67(20-18-56)37-10-11-42(48(24-37)77-50-26-43-44(58)31-63-51(43)64-54(50)76-4)53(70)65-80(74,75)39-25-45(69(72)73)52(62-30-39)61-29-35-13-15-55(3,71)16-14-35/h5-12,23-26,30-31,34-35,38,46,71H,13-22,27-29,32-33H2,1-4H3,(H,61,62)(H,63,64)(H,65,70)/t35?,46-,55?/m0/s1. The number of sulfonamides is 1. The number of pyridine rings is 2. The van der Waals surface area contributed by atoms with Crippen LogP contribution in [0.25, 0.3) is 11.0 Å². The van der Waals surface area contributed by atoms with E-state index in [1.165, 1.54) is 36.4 Å². The molecule has 0 unspecified atom stereocenters. The summed E-state index contributed by atoms with van der Waals surface area (Å²) >= 11 is 0. The van der Waals surface area contributed by atoms with Crippen molar-refractivity contribution in [2.24, 2.45) is 11.3 Å². The summed E-state index contributed by atoms with van der Waals surface area (Å²) in [4.78, 5) is 43.5. The first-order valence-corrected chi connectivity index (χ1v) is 28.5. The number of nitrogens with zero attached hydrogens (tertiary/aromatic N) is 6. The van der Waals surface area contributed by atoms with Crippen LogP contribution in [0.15, 0.2) is 90.1 Å². The summed E-state index contributed by atoms with van der Waals surface area (Å²) in [6, 6.07) is 21.0. The molecule has 2 aliphatic carbocycles.